The third kappa shape index (κ3) is 1.99. The van der Waals surface area contributed by atoms with Gasteiger partial charge in [0, 0.05) is 18.0 Å². The number of rotatable bonds is 2. The summed E-state index contributed by atoms with van der Waals surface area (Å²) in [5.74, 6) is 0. The number of hydrogen-bond donors (Lipinski definition) is 1. The van der Waals surface area contributed by atoms with Crippen molar-refractivity contribution < 1.29 is 4.74 Å². The van der Waals surface area contributed by atoms with Crippen LogP contribution in [0.5, 0.6) is 0 Å². The van der Waals surface area contributed by atoms with E-state index in [9.17, 15) is 4.79 Å². The van der Waals surface area contributed by atoms with Crippen LogP contribution >= 0.6 is 11.3 Å². The minimum Gasteiger partial charge on any atom is -0.376 e. The molecule has 1 N–H and O–H groups in total. The molecule has 0 radical (unpaired) electrons. The van der Waals surface area contributed by atoms with E-state index in [1.807, 2.05) is 0 Å². The first-order valence-electron chi connectivity index (χ1n) is 7.15. The highest BCUT2D eigenvalue weighted by Gasteiger charge is 2.21. The molecule has 1 atom stereocenters. The molecule has 2 aliphatic rings. The van der Waals surface area contributed by atoms with Gasteiger partial charge in [-0.25, -0.2) is 4.98 Å². The van der Waals surface area contributed by atoms with E-state index >= 15 is 0 Å². The quantitative estimate of drug-likeness (QED) is 0.905. The molecule has 2 aromatic heterocycles. The molecule has 0 spiro atoms. The third-order valence-corrected chi connectivity index (χ3v) is 5.26. The summed E-state index contributed by atoms with van der Waals surface area (Å²) in [4.78, 5) is 19.3. The Morgan fingerprint density at radius 2 is 2.50 bits per heavy atom. The average Bonchev–Trinajstić information content (AvgIpc) is 3.09. The van der Waals surface area contributed by atoms with Crippen molar-refractivity contribution in [2.75, 3.05) is 13.2 Å². The molecule has 1 fully saturated rings. The Hall–Kier alpha value is -1.24. The summed E-state index contributed by atoms with van der Waals surface area (Å²) in [7, 11) is 0. The molecule has 4 heterocycles. The first-order chi connectivity index (χ1) is 9.83. The van der Waals surface area contributed by atoms with Crippen LogP contribution in [-0.2, 0) is 24.2 Å². The van der Waals surface area contributed by atoms with E-state index in [4.69, 9.17) is 4.74 Å². The van der Waals surface area contributed by atoms with E-state index in [1.54, 1.807) is 22.2 Å². The highest BCUT2D eigenvalue weighted by molar-refractivity contribution is 7.18. The molecule has 106 valence electrons. The van der Waals surface area contributed by atoms with E-state index in [-0.39, 0.29) is 11.7 Å². The van der Waals surface area contributed by atoms with Gasteiger partial charge in [-0.2, -0.15) is 0 Å². The fourth-order valence-corrected chi connectivity index (χ4v) is 4.24. The van der Waals surface area contributed by atoms with Crippen molar-refractivity contribution in [3.05, 3.63) is 27.1 Å². The number of thiophene rings is 1. The molecule has 4 rings (SSSR count). The Morgan fingerprint density at radius 3 is 3.35 bits per heavy atom. The molecular weight excluding hydrogens is 274 g/mol. The van der Waals surface area contributed by atoms with E-state index in [0.717, 1.165) is 49.2 Å². The van der Waals surface area contributed by atoms with Gasteiger partial charge in [-0.3, -0.25) is 9.36 Å². The van der Waals surface area contributed by atoms with Crippen molar-refractivity contribution in [2.45, 2.75) is 38.5 Å². The molecule has 5 nitrogen and oxygen atoms in total. The lowest BCUT2D eigenvalue weighted by Gasteiger charge is -2.13. The maximum Gasteiger partial charge on any atom is 0.262 e. The summed E-state index contributed by atoms with van der Waals surface area (Å²) >= 11 is 1.65. The molecule has 1 saturated heterocycles. The average molecular weight is 291 g/mol. The maximum atomic E-state index is 12.7. The van der Waals surface area contributed by atoms with E-state index in [2.05, 4.69) is 10.3 Å². The maximum absolute atomic E-state index is 12.7. The minimum absolute atomic E-state index is 0.102. The largest absolute Gasteiger partial charge is 0.376 e. The molecule has 0 aliphatic carbocycles. The Bertz CT molecular complexity index is 700. The summed E-state index contributed by atoms with van der Waals surface area (Å²) in [6, 6.07) is 0. The lowest BCUT2D eigenvalue weighted by atomic mass is 10.1. The number of fused-ring (bicyclic) bond motifs is 3. The zero-order valence-electron chi connectivity index (χ0n) is 11.2. The summed E-state index contributed by atoms with van der Waals surface area (Å²) in [6.45, 7) is 3.25. The predicted molar refractivity (Wildman–Crippen MR) is 78.3 cm³/mol. The molecule has 2 aromatic rings. The summed E-state index contributed by atoms with van der Waals surface area (Å²) < 4.78 is 7.35. The second-order valence-electron chi connectivity index (χ2n) is 5.45. The van der Waals surface area contributed by atoms with Crippen LogP contribution in [0.3, 0.4) is 0 Å². The fourth-order valence-electron chi connectivity index (χ4n) is 3.09. The Labute approximate surface area is 120 Å². The van der Waals surface area contributed by atoms with Crippen molar-refractivity contribution in [1.29, 1.82) is 0 Å². The number of ether oxygens (including phenoxy) is 1. The predicted octanol–water partition coefficient (Wildman–Crippen LogP) is 1.28. The number of nitrogens with zero attached hydrogens (tertiary/aromatic N) is 2. The summed E-state index contributed by atoms with van der Waals surface area (Å²) in [5, 5.41) is 4.19. The van der Waals surface area contributed by atoms with Crippen molar-refractivity contribution in [3.8, 4) is 0 Å². The highest BCUT2D eigenvalue weighted by Crippen LogP contribution is 2.29. The van der Waals surface area contributed by atoms with Crippen LogP contribution in [0.4, 0.5) is 0 Å². The second-order valence-corrected chi connectivity index (χ2v) is 6.53. The molecule has 0 amide bonds. The molecule has 0 bridgehead atoms. The fraction of sp³-hybridized carbons (Fsp3) is 0.571. The van der Waals surface area contributed by atoms with E-state index in [1.165, 1.54) is 10.4 Å². The Morgan fingerprint density at radius 1 is 1.55 bits per heavy atom. The van der Waals surface area contributed by atoms with Crippen LogP contribution in [0.15, 0.2) is 11.1 Å². The van der Waals surface area contributed by atoms with Gasteiger partial charge in [0.25, 0.3) is 5.56 Å². The van der Waals surface area contributed by atoms with Gasteiger partial charge in [0.1, 0.15) is 4.83 Å². The van der Waals surface area contributed by atoms with Gasteiger partial charge >= 0.3 is 0 Å². The van der Waals surface area contributed by atoms with Crippen LogP contribution in [0, 0.1) is 0 Å². The Kier molecular flexibility index (Phi) is 3.09. The zero-order chi connectivity index (χ0) is 13.5. The summed E-state index contributed by atoms with van der Waals surface area (Å²) in [6.07, 6.45) is 4.91. The van der Waals surface area contributed by atoms with Gasteiger partial charge in [0.15, 0.2) is 0 Å². The number of hydrogen-bond acceptors (Lipinski definition) is 5. The summed E-state index contributed by atoms with van der Waals surface area (Å²) in [5.41, 5.74) is 1.31. The topological polar surface area (TPSA) is 56.2 Å². The van der Waals surface area contributed by atoms with Crippen molar-refractivity contribution >= 4 is 21.6 Å². The van der Waals surface area contributed by atoms with Gasteiger partial charge in [-0.1, -0.05) is 0 Å². The lowest BCUT2D eigenvalue weighted by molar-refractivity contribution is 0.0960. The minimum atomic E-state index is 0.102. The Balaban J connectivity index is 1.79. The third-order valence-electron chi connectivity index (χ3n) is 4.12. The molecule has 0 unspecified atom stereocenters. The standard InChI is InChI=1S/C14H17N3O2S/c18-14-12-10-3-4-15-6-11(10)20-13(12)16-8-17(14)7-9-2-1-5-19-9/h8-9,15H,1-7H2/t9-/m0/s1. The van der Waals surface area contributed by atoms with Crippen molar-refractivity contribution in [1.82, 2.24) is 14.9 Å². The molecule has 20 heavy (non-hydrogen) atoms. The van der Waals surface area contributed by atoms with Crippen LogP contribution in [0.1, 0.15) is 23.3 Å². The van der Waals surface area contributed by atoms with E-state index in [0.29, 0.717) is 6.54 Å². The van der Waals surface area contributed by atoms with Gasteiger partial charge < -0.3 is 10.1 Å². The zero-order valence-corrected chi connectivity index (χ0v) is 12.0. The highest BCUT2D eigenvalue weighted by atomic mass is 32.1. The number of aromatic nitrogens is 2. The van der Waals surface area contributed by atoms with Gasteiger partial charge in [-0.05, 0) is 31.4 Å². The number of nitrogens with one attached hydrogen (secondary N) is 1. The van der Waals surface area contributed by atoms with Gasteiger partial charge in [-0.15, -0.1) is 11.3 Å². The van der Waals surface area contributed by atoms with Crippen LogP contribution < -0.4 is 10.9 Å². The van der Waals surface area contributed by atoms with Gasteiger partial charge in [0.2, 0.25) is 0 Å². The monoisotopic (exact) mass is 291 g/mol. The first-order valence-corrected chi connectivity index (χ1v) is 7.96. The first kappa shape index (κ1) is 12.5. The van der Waals surface area contributed by atoms with Crippen LogP contribution in [-0.4, -0.2) is 28.8 Å². The normalized spacial score (nSPS) is 22.3. The van der Waals surface area contributed by atoms with Crippen molar-refractivity contribution in [2.24, 2.45) is 0 Å². The smallest absolute Gasteiger partial charge is 0.262 e. The van der Waals surface area contributed by atoms with Crippen LogP contribution in [0.2, 0.25) is 0 Å². The van der Waals surface area contributed by atoms with Crippen LogP contribution in [0.25, 0.3) is 10.2 Å². The lowest BCUT2D eigenvalue weighted by Crippen LogP contribution is -2.28. The molecule has 0 saturated carbocycles. The molecule has 2 aliphatic heterocycles. The van der Waals surface area contributed by atoms with E-state index < -0.39 is 0 Å². The second kappa shape index (κ2) is 4.95. The SMILES string of the molecule is O=c1c2c3c(sc2ncn1C[C@@H]1CCCO1)CNCC3. The molecule has 0 aromatic carbocycles. The molecular formula is C14H17N3O2S. The molecule has 6 heteroatoms. The van der Waals surface area contributed by atoms with Crippen molar-refractivity contribution in [3.63, 3.8) is 0 Å². The van der Waals surface area contributed by atoms with Gasteiger partial charge in [0.05, 0.1) is 24.4 Å².